The van der Waals surface area contributed by atoms with Crippen molar-refractivity contribution in [3.8, 4) is 11.5 Å². The minimum atomic E-state index is -0.180. The number of nitrogens with zero attached hydrogens (tertiary/aromatic N) is 2. The van der Waals surface area contributed by atoms with E-state index in [0.717, 1.165) is 42.8 Å². The molecule has 0 bridgehead atoms. The van der Waals surface area contributed by atoms with E-state index in [-0.39, 0.29) is 17.9 Å². The van der Waals surface area contributed by atoms with Crippen molar-refractivity contribution in [2.24, 2.45) is 0 Å². The number of ether oxygens (including phenoxy) is 1. The van der Waals surface area contributed by atoms with E-state index >= 15 is 0 Å². The maximum absolute atomic E-state index is 12.8. The summed E-state index contributed by atoms with van der Waals surface area (Å²) in [6, 6.07) is 13.7. The summed E-state index contributed by atoms with van der Waals surface area (Å²) in [5, 5.41) is 3.00. The molecule has 0 spiro atoms. The number of hydrogen-bond donors (Lipinski definition) is 1. The Morgan fingerprint density at radius 3 is 2.32 bits per heavy atom. The van der Waals surface area contributed by atoms with Crippen molar-refractivity contribution in [3.63, 3.8) is 0 Å². The van der Waals surface area contributed by atoms with E-state index in [9.17, 15) is 9.59 Å². The number of fused-ring (bicyclic) bond motifs is 1. The summed E-state index contributed by atoms with van der Waals surface area (Å²) in [5.74, 6) is 1.51. The summed E-state index contributed by atoms with van der Waals surface area (Å²) >= 11 is 0. The van der Waals surface area contributed by atoms with Crippen LogP contribution >= 0.6 is 0 Å². The van der Waals surface area contributed by atoms with Crippen molar-refractivity contribution in [2.75, 3.05) is 16.8 Å². The van der Waals surface area contributed by atoms with Crippen LogP contribution in [-0.2, 0) is 4.79 Å². The zero-order chi connectivity index (χ0) is 21.5. The molecule has 2 aromatic carbocycles. The third-order valence-corrected chi connectivity index (χ3v) is 6.67. The van der Waals surface area contributed by atoms with Crippen molar-refractivity contribution >= 4 is 23.2 Å². The molecule has 0 saturated heterocycles. The van der Waals surface area contributed by atoms with Gasteiger partial charge in [0.05, 0.1) is 11.4 Å². The second-order valence-electron chi connectivity index (χ2n) is 8.94. The van der Waals surface area contributed by atoms with Crippen LogP contribution in [0.2, 0.25) is 0 Å². The van der Waals surface area contributed by atoms with Crippen LogP contribution in [0.15, 0.2) is 42.5 Å². The van der Waals surface area contributed by atoms with Crippen LogP contribution in [0, 0.1) is 0 Å². The maximum atomic E-state index is 12.8. The summed E-state index contributed by atoms with van der Waals surface area (Å²) in [7, 11) is 1.84. The summed E-state index contributed by atoms with van der Waals surface area (Å²) in [5.41, 5.74) is 2.62. The molecule has 2 fully saturated rings. The van der Waals surface area contributed by atoms with Crippen molar-refractivity contribution in [3.05, 3.63) is 48.0 Å². The number of carbonyl (C=O) groups excluding carboxylic acids is 2. The van der Waals surface area contributed by atoms with Gasteiger partial charge in [0.25, 0.3) is 5.91 Å². The molecule has 1 heterocycles. The van der Waals surface area contributed by atoms with Crippen LogP contribution < -0.4 is 19.9 Å². The van der Waals surface area contributed by atoms with E-state index < -0.39 is 0 Å². The average Bonchev–Trinajstić information content (AvgIpc) is 3.42. The molecule has 0 radical (unpaired) electrons. The van der Waals surface area contributed by atoms with E-state index in [4.69, 9.17) is 4.74 Å². The lowest BCUT2D eigenvalue weighted by Crippen LogP contribution is -2.54. The third-order valence-electron chi connectivity index (χ3n) is 6.67. The van der Waals surface area contributed by atoms with Crippen LogP contribution in [-0.4, -0.2) is 37.0 Å². The first-order chi connectivity index (χ1) is 15.0. The number of rotatable bonds is 5. The lowest BCUT2D eigenvalue weighted by molar-refractivity contribution is -0.119. The molecule has 5 rings (SSSR count). The van der Waals surface area contributed by atoms with Gasteiger partial charge in [-0.05, 0) is 69.0 Å². The Kier molecular flexibility index (Phi) is 5.08. The first-order valence-corrected chi connectivity index (χ1v) is 11.3. The highest BCUT2D eigenvalue weighted by Crippen LogP contribution is 2.42. The normalized spacial score (nSPS) is 21.2. The molecule has 6 heteroatoms. The molecule has 2 amide bonds. The molecule has 31 heavy (non-hydrogen) atoms. The Balaban J connectivity index is 1.38. The standard InChI is InChI=1S/C25H29N3O3/c1-16-25(30)27(2)22-14-13-21(15-23(22)28(16)19-5-3-4-6-19)31-20-11-7-17(8-12-20)24(29)26-18-9-10-18/h7-8,11-16,18-19H,3-6,9-10H2,1-2H3,(H,26,29)/t16-/m1/s1. The number of likely N-dealkylation sites (N-methyl/N-ethyl adjacent to an activating group) is 1. The van der Waals surface area contributed by atoms with Gasteiger partial charge in [-0.1, -0.05) is 12.8 Å². The monoisotopic (exact) mass is 419 g/mol. The summed E-state index contributed by atoms with van der Waals surface area (Å²) in [4.78, 5) is 29.0. The number of hydrogen-bond acceptors (Lipinski definition) is 4. The fraction of sp³-hybridized carbons (Fsp3) is 0.440. The number of anilines is 2. The molecule has 1 aliphatic heterocycles. The zero-order valence-corrected chi connectivity index (χ0v) is 18.1. The second kappa shape index (κ2) is 7.91. The molecule has 2 aliphatic carbocycles. The summed E-state index contributed by atoms with van der Waals surface area (Å²) in [6.07, 6.45) is 6.81. The fourth-order valence-electron chi connectivity index (χ4n) is 4.79. The van der Waals surface area contributed by atoms with Crippen molar-refractivity contribution in [2.45, 2.75) is 63.6 Å². The Bertz CT molecular complexity index is 994. The summed E-state index contributed by atoms with van der Waals surface area (Å²) in [6.45, 7) is 2.00. The van der Waals surface area contributed by atoms with Crippen LogP contribution in [0.5, 0.6) is 11.5 Å². The largest absolute Gasteiger partial charge is 0.457 e. The van der Waals surface area contributed by atoms with Gasteiger partial charge >= 0.3 is 0 Å². The van der Waals surface area contributed by atoms with E-state index in [2.05, 4.69) is 10.2 Å². The Morgan fingerprint density at radius 1 is 0.968 bits per heavy atom. The number of nitrogens with one attached hydrogen (secondary N) is 1. The molecule has 2 aromatic rings. The number of benzene rings is 2. The quantitative estimate of drug-likeness (QED) is 0.776. The van der Waals surface area contributed by atoms with Gasteiger partial charge in [-0.15, -0.1) is 0 Å². The van der Waals surface area contributed by atoms with E-state index in [1.54, 1.807) is 17.0 Å². The van der Waals surface area contributed by atoms with Gasteiger partial charge in [-0.2, -0.15) is 0 Å². The van der Waals surface area contributed by atoms with E-state index in [0.29, 0.717) is 23.4 Å². The van der Waals surface area contributed by atoms with Gasteiger partial charge in [-0.3, -0.25) is 9.59 Å². The molecule has 1 N–H and O–H groups in total. The predicted octanol–water partition coefficient (Wildman–Crippen LogP) is 4.49. The van der Waals surface area contributed by atoms with Crippen molar-refractivity contribution in [1.29, 1.82) is 0 Å². The SMILES string of the molecule is C[C@@H]1C(=O)N(C)c2ccc(Oc3ccc(C(=O)NC4CC4)cc3)cc2N1C1CCCC1. The van der Waals surface area contributed by atoms with Gasteiger partial charge in [0.2, 0.25) is 5.91 Å². The lowest BCUT2D eigenvalue weighted by atomic mass is 10.0. The van der Waals surface area contributed by atoms with Gasteiger partial charge < -0.3 is 19.9 Å². The van der Waals surface area contributed by atoms with E-state index in [1.807, 2.05) is 44.3 Å². The topological polar surface area (TPSA) is 61.9 Å². The molecule has 3 aliphatic rings. The van der Waals surface area contributed by atoms with Gasteiger partial charge in [-0.25, -0.2) is 0 Å². The molecule has 2 saturated carbocycles. The average molecular weight is 420 g/mol. The zero-order valence-electron chi connectivity index (χ0n) is 18.1. The molecular weight excluding hydrogens is 390 g/mol. The molecule has 162 valence electrons. The van der Waals surface area contributed by atoms with Crippen LogP contribution in [0.4, 0.5) is 11.4 Å². The lowest BCUT2D eigenvalue weighted by Gasteiger charge is -2.43. The Morgan fingerprint density at radius 2 is 1.65 bits per heavy atom. The highest BCUT2D eigenvalue weighted by atomic mass is 16.5. The highest BCUT2D eigenvalue weighted by Gasteiger charge is 2.38. The van der Waals surface area contributed by atoms with Crippen LogP contribution in [0.25, 0.3) is 0 Å². The van der Waals surface area contributed by atoms with Crippen molar-refractivity contribution in [1.82, 2.24) is 5.32 Å². The molecule has 6 nitrogen and oxygen atoms in total. The van der Waals surface area contributed by atoms with Gasteiger partial charge in [0.15, 0.2) is 0 Å². The minimum absolute atomic E-state index is 0.0308. The van der Waals surface area contributed by atoms with E-state index in [1.165, 1.54) is 12.8 Å². The Hall–Kier alpha value is -3.02. The molecule has 0 unspecified atom stereocenters. The molecular formula is C25H29N3O3. The van der Waals surface area contributed by atoms with Crippen molar-refractivity contribution < 1.29 is 14.3 Å². The third kappa shape index (κ3) is 3.87. The smallest absolute Gasteiger partial charge is 0.251 e. The second-order valence-corrected chi connectivity index (χ2v) is 8.94. The van der Waals surface area contributed by atoms with Crippen LogP contribution in [0.1, 0.15) is 55.8 Å². The number of carbonyl (C=O) groups is 2. The Labute approximate surface area is 183 Å². The highest BCUT2D eigenvalue weighted by molar-refractivity contribution is 6.05. The predicted molar refractivity (Wildman–Crippen MR) is 121 cm³/mol. The molecule has 1 atom stereocenters. The molecule has 0 aromatic heterocycles. The fourth-order valence-corrected chi connectivity index (χ4v) is 4.79. The van der Waals surface area contributed by atoms with Gasteiger partial charge in [0, 0.05) is 30.8 Å². The number of amides is 2. The van der Waals surface area contributed by atoms with Crippen LogP contribution in [0.3, 0.4) is 0 Å². The first-order valence-electron chi connectivity index (χ1n) is 11.3. The minimum Gasteiger partial charge on any atom is -0.457 e. The first kappa shape index (κ1) is 19.9. The van der Waals surface area contributed by atoms with Gasteiger partial charge in [0.1, 0.15) is 17.5 Å². The summed E-state index contributed by atoms with van der Waals surface area (Å²) < 4.78 is 6.12. The maximum Gasteiger partial charge on any atom is 0.251 e.